The summed E-state index contributed by atoms with van der Waals surface area (Å²) in [6.07, 6.45) is 8.36. The summed E-state index contributed by atoms with van der Waals surface area (Å²) in [5, 5.41) is 12.1. The van der Waals surface area contributed by atoms with Crippen LogP contribution < -0.4 is 5.32 Å². The molecule has 0 unspecified atom stereocenters. The zero-order valence-corrected chi connectivity index (χ0v) is 15.0. The summed E-state index contributed by atoms with van der Waals surface area (Å²) < 4.78 is 0.845. The largest absolute Gasteiger partial charge is 0.357 e. The van der Waals surface area contributed by atoms with Crippen LogP contribution in [-0.4, -0.2) is 46.4 Å². The van der Waals surface area contributed by atoms with E-state index >= 15 is 0 Å². The van der Waals surface area contributed by atoms with Gasteiger partial charge >= 0.3 is 0 Å². The van der Waals surface area contributed by atoms with E-state index in [0.717, 1.165) is 34.4 Å². The first-order chi connectivity index (χ1) is 11.3. The standard InChI is InChI=1S/C16H24N4OS2/c1-2-8-17-15-18-19-16(23-15)22-11-14(21)20-9-7-12-5-3-4-6-13(12)10-20/h2,12-13H,1,3-11H2,(H,17,18)/t12-,13+/m1/s1. The van der Waals surface area contributed by atoms with Gasteiger partial charge in [-0.05, 0) is 24.7 Å². The third-order valence-corrected chi connectivity index (χ3v) is 6.77. The lowest BCUT2D eigenvalue weighted by molar-refractivity contribution is -0.131. The fourth-order valence-electron chi connectivity index (χ4n) is 3.54. The number of fused-ring (bicyclic) bond motifs is 1. The molecule has 2 fully saturated rings. The van der Waals surface area contributed by atoms with Crippen LogP contribution in [0.3, 0.4) is 0 Å². The summed E-state index contributed by atoms with van der Waals surface area (Å²) in [7, 11) is 0. The molecule has 3 rings (SSSR count). The number of thioether (sulfide) groups is 1. The zero-order valence-electron chi connectivity index (χ0n) is 13.4. The number of amides is 1. The van der Waals surface area contributed by atoms with E-state index in [-0.39, 0.29) is 5.91 Å². The van der Waals surface area contributed by atoms with E-state index in [1.807, 2.05) is 0 Å². The summed E-state index contributed by atoms with van der Waals surface area (Å²) in [6, 6.07) is 0. The molecule has 1 aromatic rings. The second kappa shape index (κ2) is 8.15. The first kappa shape index (κ1) is 16.8. The fourth-order valence-corrected chi connectivity index (χ4v) is 5.20. The molecule has 7 heteroatoms. The van der Waals surface area contributed by atoms with E-state index in [2.05, 4.69) is 27.0 Å². The van der Waals surface area contributed by atoms with E-state index in [9.17, 15) is 4.79 Å². The van der Waals surface area contributed by atoms with Crippen molar-refractivity contribution in [3.05, 3.63) is 12.7 Å². The number of nitrogens with zero attached hydrogens (tertiary/aromatic N) is 3. The number of hydrogen-bond donors (Lipinski definition) is 1. The highest BCUT2D eigenvalue weighted by Crippen LogP contribution is 2.36. The Hall–Kier alpha value is -1.08. The van der Waals surface area contributed by atoms with Crippen molar-refractivity contribution in [3.63, 3.8) is 0 Å². The van der Waals surface area contributed by atoms with Crippen molar-refractivity contribution in [1.29, 1.82) is 0 Å². The predicted octanol–water partition coefficient (Wildman–Crippen LogP) is 3.27. The van der Waals surface area contributed by atoms with Crippen molar-refractivity contribution in [2.75, 3.05) is 30.7 Å². The van der Waals surface area contributed by atoms with Crippen LogP contribution in [0, 0.1) is 11.8 Å². The molecular weight excluding hydrogens is 328 g/mol. The Balaban J connectivity index is 1.45. The van der Waals surface area contributed by atoms with Crippen molar-refractivity contribution in [2.24, 2.45) is 11.8 Å². The minimum Gasteiger partial charge on any atom is -0.357 e. The molecular formula is C16H24N4OS2. The minimum absolute atomic E-state index is 0.245. The van der Waals surface area contributed by atoms with Gasteiger partial charge in [0.05, 0.1) is 5.75 Å². The van der Waals surface area contributed by atoms with Gasteiger partial charge in [0.15, 0.2) is 4.34 Å². The van der Waals surface area contributed by atoms with Crippen molar-refractivity contribution < 1.29 is 4.79 Å². The SMILES string of the molecule is C=CCNc1nnc(SCC(=O)N2CC[C@H]3CCCC[C@H]3C2)s1. The van der Waals surface area contributed by atoms with Gasteiger partial charge in [0.2, 0.25) is 11.0 Å². The van der Waals surface area contributed by atoms with Crippen LogP contribution in [-0.2, 0) is 4.79 Å². The van der Waals surface area contributed by atoms with Gasteiger partial charge in [0.25, 0.3) is 0 Å². The molecule has 1 N–H and O–H groups in total. The van der Waals surface area contributed by atoms with Crippen LogP contribution >= 0.6 is 23.1 Å². The van der Waals surface area contributed by atoms with Gasteiger partial charge in [0.1, 0.15) is 0 Å². The van der Waals surface area contributed by atoms with Gasteiger partial charge in [-0.15, -0.1) is 16.8 Å². The second-order valence-corrected chi connectivity index (χ2v) is 8.46. The van der Waals surface area contributed by atoms with Gasteiger partial charge in [-0.1, -0.05) is 48.4 Å². The molecule has 1 aromatic heterocycles. The number of rotatable bonds is 6. The zero-order chi connectivity index (χ0) is 16.1. The third-order valence-electron chi connectivity index (χ3n) is 4.77. The van der Waals surface area contributed by atoms with Gasteiger partial charge in [-0.3, -0.25) is 4.79 Å². The van der Waals surface area contributed by atoms with Crippen molar-refractivity contribution >= 4 is 34.1 Å². The molecule has 2 aliphatic rings. The summed E-state index contributed by atoms with van der Waals surface area (Å²) in [6.45, 7) is 6.23. The molecule has 0 radical (unpaired) electrons. The second-order valence-electron chi connectivity index (χ2n) is 6.26. The first-order valence-corrected chi connectivity index (χ1v) is 10.2. The average molecular weight is 353 g/mol. The molecule has 1 saturated carbocycles. The highest BCUT2D eigenvalue weighted by Gasteiger charge is 2.32. The van der Waals surface area contributed by atoms with E-state index in [0.29, 0.717) is 12.3 Å². The lowest BCUT2D eigenvalue weighted by Crippen LogP contribution is -2.45. The normalized spacial score (nSPS) is 24.1. The maximum Gasteiger partial charge on any atom is 0.233 e. The van der Waals surface area contributed by atoms with Crippen LogP contribution in [0.25, 0.3) is 0 Å². The van der Waals surface area contributed by atoms with E-state index in [1.165, 1.54) is 55.2 Å². The Morgan fingerprint density at radius 1 is 1.35 bits per heavy atom. The number of carbonyl (C=O) groups is 1. The van der Waals surface area contributed by atoms with Gasteiger partial charge in [-0.2, -0.15) is 0 Å². The number of carbonyl (C=O) groups excluding carboxylic acids is 1. The lowest BCUT2D eigenvalue weighted by atomic mass is 9.75. The van der Waals surface area contributed by atoms with Gasteiger partial charge in [0, 0.05) is 19.6 Å². The molecule has 126 valence electrons. The smallest absolute Gasteiger partial charge is 0.233 e. The molecule has 5 nitrogen and oxygen atoms in total. The molecule has 1 aliphatic heterocycles. The number of nitrogens with one attached hydrogen (secondary N) is 1. The average Bonchev–Trinajstić information content (AvgIpc) is 3.05. The number of likely N-dealkylation sites (tertiary alicyclic amines) is 1. The van der Waals surface area contributed by atoms with Crippen LogP contribution in [0.15, 0.2) is 17.0 Å². The quantitative estimate of drug-likeness (QED) is 0.629. The molecule has 1 saturated heterocycles. The van der Waals surface area contributed by atoms with Crippen LogP contribution in [0.1, 0.15) is 32.1 Å². The topological polar surface area (TPSA) is 58.1 Å². The van der Waals surface area contributed by atoms with Crippen molar-refractivity contribution in [1.82, 2.24) is 15.1 Å². The maximum atomic E-state index is 12.5. The lowest BCUT2D eigenvalue weighted by Gasteiger charge is -2.41. The Kier molecular flexibility index (Phi) is 5.94. The maximum absolute atomic E-state index is 12.5. The highest BCUT2D eigenvalue weighted by atomic mass is 32.2. The van der Waals surface area contributed by atoms with Crippen LogP contribution in [0.2, 0.25) is 0 Å². The molecule has 23 heavy (non-hydrogen) atoms. The third kappa shape index (κ3) is 4.47. The molecule has 1 amide bonds. The molecule has 2 heterocycles. The van der Waals surface area contributed by atoms with E-state index in [4.69, 9.17) is 0 Å². The Morgan fingerprint density at radius 3 is 3.00 bits per heavy atom. The summed E-state index contributed by atoms with van der Waals surface area (Å²) in [4.78, 5) is 14.5. The van der Waals surface area contributed by atoms with Crippen molar-refractivity contribution in [2.45, 2.75) is 36.4 Å². The molecule has 0 aromatic carbocycles. The monoisotopic (exact) mass is 352 g/mol. The Bertz CT molecular complexity index is 548. The number of piperidine rings is 1. The van der Waals surface area contributed by atoms with Gasteiger partial charge in [-0.25, -0.2) is 0 Å². The molecule has 2 atom stereocenters. The number of anilines is 1. The summed E-state index contributed by atoms with van der Waals surface area (Å²) in [5.74, 6) is 2.31. The van der Waals surface area contributed by atoms with E-state index in [1.54, 1.807) is 6.08 Å². The minimum atomic E-state index is 0.245. The highest BCUT2D eigenvalue weighted by molar-refractivity contribution is 8.01. The van der Waals surface area contributed by atoms with Crippen molar-refractivity contribution in [3.8, 4) is 0 Å². The molecule has 0 bridgehead atoms. The fraction of sp³-hybridized carbons (Fsp3) is 0.688. The van der Waals surface area contributed by atoms with Crippen LogP contribution in [0.5, 0.6) is 0 Å². The predicted molar refractivity (Wildman–Crippen MR) is 96.0 cm³/mol. The number of hydrogen-bond acceptors (Lipinski definition) is 6. The molecule has 1 aliphatic carbocycles. The van der Waals surface area contributed by atoms with Crippen LogP contribution in [0.4, 0.5) is 5.13 Å². The van der Waals surface area contributed by atoms with Gasteiger partial charge < -0.3 is 10.2 Å². The molecule has 0 spiro atoms. The summed E-state index contributed by atoms with van der Waals surface area (Å²) in [5.41, 5.74) is 0. The summed E-state index contributed by atoms with van der Waals surface area (Å²) >= 11 is 2.98. The van der Waals surface area contributed by atoms with E-state index < -0.39 is 0 Å². The Morgan fingerprint density at radius 2 is 2.17 bits per heavy atom. The first-order valence-electron chi connectivity index (χ1n) is 8.35. The Labute approximate surface area is 145 Å². The number of aromatic nitrogens is 2.